The van der Waals surface area contributed by atoms with Crippen LogP contribution in [0.4, 0.5) is 5.69 Å². The quantitative estimate of drug-likeness (QED) is 0.593. The Kier molecular flexibility index (Phi) is 3.51. The topological polar surface area (TPSA) is 116 Å². The molecule has 1 aromatic carbocycles. The van der Waals surface area contributed by atoms with Crippen LogP contribution in [0.5, 0.6) is 5.75 Å². The number of nitrogen functional groups attached to an aromatic ring is 1. The number of hydrogen-bond acceptors (Lipinski definition) is 5. The molecular formula is C8H12N2O4S. The molecule has 1 aromatic rings. The molecule has 5 N–H and O–H groups in total. The molecule has 0 aliphatic rings. The van der Waals surface area contributed by atoms with Crippen molar-refractivity contribution in [1.82, 2.24) is 0 Å². The molecule has 0 amide bonds. The Morgan fingerprint density at radius 3 is 2.60 bits per heavy atom. The van der Waals surface area contributed by atoms with Gasteiger partial charge in [-0.05, 0) is 12.1 Å². The molecule has 0 fully saturated rings. The third kappa shape index (κ3) is 2.82. The average molecular weight is 232 g/mol. The number of aliphatic hydroxyl groups excluding tert-OH is 1. The van der Waals surface area contributed by atoms with Crippen LogP contribution in [-0.2, 0) is 10.0 Å². The summed E-state index contributed by atoms with van der Waals surface area (Å²) in [6.45, 7) is -0.142. The molecule has 6 nitrogen and oxygen atoms in total. The van der Waals surface area contributed by atoms with E-state index in [2.05, 4.69) is 0 Å². The maximum absolute atomic E-state index is 11.1. The second-order valence-electron chi connectivity index (χ2n) is 2.79. The van der Waals surface area contributed by atoms with E-state index >= 15 is 0 Å². The lowest BCUT2D eigenvalue weighted by Crippen LogP contribution is -2.15. The number of sulfonamides is 1. The number of anilines is 1. The number of para-hydroxylation sites is 1. The van der Waals surface area contributed by atoms with Gasteiger partial charge in [0.25, 0.3) is 0 Å². The summed E-state index contributed by atoms with van der Waals surface area (Å²) in [6, 6.07) is 4.25. The highest BCUT2D eigenvalue weighted by Gasteiger charge is 2.15. The maximum atomic E-state index is 11.1. The van der Waals surface area contributed by atoms with Gasteiger partial charge < -0.3 is 15.6 Å². The van der Waals surface area contributed by atoms with E-state index in [1.807, 2.05) is 0 Å². The highest BCUT2D eigenvalue weighted by atomic mass is 32.2. The lowest BCUT2D eigenvalue weighted by molar-refractivity contribution is 0.202. The summed E-state index contributed by atoms with van der Waals surface area (Å²) in [4.78, 5) is -0.182. The first kappa shape index (κ1) is 11.8. The number of aliphatic hydroxyl groups is 1. The summed E-state index contributed by atoms with van der Waals surface area (Å²) in [7, 11) is -3.85. The summed E-state index contributed by atoms with van der Waals surface area (Å²) in [5, 5.41) is 13.5. The van der Waals surface area contributed by atoms with Crippen LogP contribution in [0.25, 0.3) is 0 Å². The molecule has 0 saturated heterocycles. The molecule has 0 spiro atoms. The first-order valence-corrected chi connectivity index (χ1v) is 5.66. The fourth-order valence-corrected chi connectivity index (χ4v) is 1.73. The van der Waals surface area contributed by atoms with Crippen LogP contribution in [0, 0.1) is 0 Å². The minimum atomic E-state index is -3.85. The molecule has 0 unspecified atom stereocenters. The van der Waals surface area contributed by atoms with Gasteiger partial charge in [0.1, 0.15) is 17.3 Å². The van der Waals surface area contributed by atoms with E-state index in [-0.39, 0.29) is 29.5 Å². The third-order valence-electron chi connectivity index (χ3n) is 1.68. The van der Waals surface area contributed by atoms with Gasteiger partial charge in [0.15, 0.2) is 0 Å². The van der Waals surface area contributed by atoms with Crippen molar-refractivity contribution in [2.45, 2.75) is 4.90 Å². The summed E-state index contributed by atoms with van der Waals surface area (Å²) >= 11 is 0. The van der Waals surface area contributed by atoms with Crippen LogP contribution in [0.3, 0.4) is 0 Å². The van der Waals surface area contributed by atoms with Crippen molar-refractivity contribution in [2.75, 3.05) is 18.9 Å². The second kappa shape index (κ2) is 4.47. The Morgan fingerprint density at radius 1 is 1.40 bits per heavy atom. The van der Waals surface area contributed by atoms with Gasteiger partial charge in [-0.3, -0.25) is 0 Å². The Labute approximate surface area is 87.5 Å². The number of nitrogens with two attached hydrogens (primary N) is 2. The van der Waals surface area contributed by atoms with Gasteiger partial charge >= 0.3 is 0 Å². The van der Waals surface area contributed by atoms with Crippen molar-refractivity contribution >= 4 is 15.7 Å². The smallest absolute Gasteiger partial charge is 0.240 e. The Morgan fingerprint density at radius 2 is 2.07 bits per heavy atom. The fourth-order valence-electron chi connectivity index (χ4n) is 1.05. The number of rotatable bonds is 4. The first-order valence-electron chi connectivity index (χ1n) is 4.11. The average Bonchev–Trinajstić information content (AvgIpc) is 2.14. The van der Waals surface area contributed by atoms with E-state index in [9.17, 15) is 8.42 Å². The predicted octanol–water partition coefficient (Wildman–Crippen LogP) is -0.713. The molecule has 15 heavy (non-hydrogen) atoms. The number of benzene rings is 1. The van der Waals surface area contributed by atoms with E-state index in [0.29, 0.717) is 0 Å². The predicted molar refractivity (Wildman–Crippen MR) is 54.8 cm³/mol. The molecular weight excluding hydrogens is 220 g/mol. The highest BCUT2D eigenvalue weighted by molar-refractivity contribution is 7.89. The van der Waals surface area contributed by atoms with Gasteiger partial charge in [-0.2, -0.15) is 0 Å². The van der Waals surface area contributed by atoms with Gasteiger partial charge in [0.2, 0.25) is 10.0 Å². The van der Waals surface area contributed by atoms with Crippen molar-refractivity contribution in [3.8, 4) is 5.75 Å². The SMILES string of the molecule is Nc1c(OCCO)cccc1S(N)(=O)=O. The Hall–Kier alpha value is -1.31. The van der Waals surface area contributed by atoms with E-state index in [1.54, 1.807) is 0 Å². The van der Waals surface area contributed by atoms with Crippen molar-refractivity contribution in [1.29, 1.82) is 0 Å². The molecule has 0 aliphatic heterocycles. The largest absolute Gasteiger partial charge is 0.489 e. The lowest BCUT2D eigenvalue weighted by Gasteiger charge is -2.09. The summed E-state index contributed by atoms with van der Waals surface area (Å²) in [5.41, 5.74) is 5.50. The Balaban J connectivity index is 3.12. The van der Waals surface area contributed by atoms with E-state index in [1.165, 1.54) is 18.2 Å². The van der Waals surface area contributed by atoms with Crippen LogP contribution in [0.2, 0.25) is 0 Å². The molecule has 0 saturated carbocycles. The van der Waals surface area contributed by atoms with Crippen LogP contribution in [0.1, 0.15) is 0 Å². The normalized spacial score (nSPS) is 11.3. The highest BCUT2D eigenvalue weighted by Crippen LogP contribution is 2.27. The van der Waals surface area contributed by atoms with Gasteiger partial charge in [0.05, 0.1) is 12.3 Å². The zero-order valence-electron chi connectivity index (χ0n) is 7.88. The molecule has 84 valence electrons. The molecule has 0 aliphatic carbocycles. The van der Waals surface area contributed by atoms with E-state index in [0.717, 1.165) is 0 Å². The van der Waals surface area contributed by atoms with Crippen molar-refractivity contribution in [2.24, 2.45) is 5.14 Å². The molecule has 0 bridgehead atoms. The molecule has 7 heteroatoms. The molecule has 1 rings (SSSR count). The monoisotopic (exact) mass is 232 g/mol. The molecule has 0 aromatic heterocycles. The zero-order valence-corrected chi connectivity index (χ0v) is 8.70. The molecule has 0 atom stereocenters. The van der Waals surface area contributed by atoms with E-state index < -0.39 is 10.0 Å². The summed E-state index contributed by atoms with van der Waals surface area (Å²) in [5.74, 6) is 0.190. The standard InChI is InChI=1S/C8H12N2O4S/c9-8-6(14-5-4-11)2-1-3-7(8)15(10,12)13/h1-3,11H,4-5,9H2,(H2,10,12,13). The van der Waals surface area contributed by atoms with E-state index in [4.69, 9.17) is 20.7 Å². The number of ether oxygens (including phenoxy) is 1. The minimum Gasteiger partial charge on any atom is -0.489 e. The van der Waals surface area contributed by atoms with Gasteiger partial charge in [-0.25, -0.2) is 13.6 Å². The molecule has 0 radical (unpaired) electrons. The number of hydrogen-bond donors (Lipinski definition) is 3. The van der Waals surface area contributed by atoms with Crippen LogP contribution in [-0.4, -0.2) is 26.7 Å². The zero-order chi connectivity index (χ0) is 11.5. The van der Waals surface area contributed by atoms with Crippen LogP contribution < -0.4 is 15.6 Å². The second-order valence-corrected chi connectivity index (χ2v) is 4.31. The van der Waals surface area contributed by atoms with Crippen molar-refractivity contribution in [3.05, 3.63) is 18.2 Å². The summed E-state index contributed by atoms with van der Waals surface area (Å²) < 4.78 is 27.2. The lowest BCUT2D eigenvalue weighted by atomic mass is 10.3. The first-order chi connectivity index (χ1) is 6.96. The molecule has 0 heterocycles. The fraction of sp³-hybridized carbons (Fsp3) is 0.250. The van der Waals surface area contributed by atoms with Gasteiger partial charge in [-0.1, -0.05) is 6.07 Å². The summed E-state index contributed by atoms with van der Waals surface area (Å²) in [6.07, 6.45) is 0. The minimum absolute atomic E-state index is 0.0400. The maximum Gasteiger partial charge on any atom is 0.240 e. The van der Waals surface area contributed by atoms with Crippen LogP contribution in [0.15, 0.2) is 23.1 Å². The third-order valence-corrected chi connectivity index (χ3v) is 2.65. The van der Waals surface area contributed by atoms with Gasteiger partial charge in [0, 0.05) is 0 Å². The number of primary sulfonamides is 1. The Bertz CT molecular complexity index is 444. The van der Waals surface area contributed by atoms with Gasteiger partial charge in [-0.15, -0.1) is 0 Å². The van der Waals surface area contributed by atoms with Crippen molar-refractivity contribution < 1.29 is 18.3 Å². The van der Waals surface area contributed by atoms with Crippen molar-refractivity contribution in [3.63, 3.8) is 0 Å². The van der Waals surface area contributed by atoms with Crippen LogP contribution >= 0.6 is 0 Å².